The van der Waals surface area contributed by atoms with Crippen molar-refractivity contribution in [1.82, 2.24) is 5.32 Å². The molecule has 0 spiro atoms. The van der Waals surface area contributed by atoms with Crippen molar-refractivity contribution < 1.29 is 14.6 Å². The van der Waals surface area contributed by atoms with Crippen molar-refractivity contribution >= 4 is 0 Å². The highest BCUT2D eigenvalue weighted by atomic mass is 16.5. The Balaban J connectivity index is 1.72. The van der Waals surface area contributed by atoms with E-state index in [1.807, 2.05) is 26.0 Å². The lowest BCUT2D eigenvalue weighted by molar-refractivity contribution is 0.0323. The predicted octanol–water partition coefficient (Wildman–Crippen LogP) is 2.89. The van der Waals surface area contributed by atoms with Crippen LogP contribution in [-0.4, -0.2) is 36.6 Å². The van der Waals surface area contributed by atoms with E-state index in [0.29, 0.717) is 13.2 Å². The van der Waals surface area contributed by atoms with E-state index < -0.39 is 5.60 Å². The number of hydrogen-bond donors (Lipinski definition) is 2. The molecule has 1 heterocycles. The van der Waals surface area contributed by atoms with Crippen molar-refractivity contribution in [3.05, 3.63) is 29.8 Å². The fourth-order valence-corrected chi connectivity index (χ4v) is 2.61. The van der Waals surface area contributed by atoms with E-state index in [1.165, 1.54) is 5.56 Å². The molecule has 0 amide bonds. The lowest BCUT2D eigenvalue weighted by atomic mass is 9.97. The molecule has 1 saturated heterocycles. The maximum absolute atomic E-state index is 10.2. The summed E-state index contributed by atoms with van der Waals surface area (Å²) in [5.74, 6) is 0.887. The molecule has 1 unspecified atom stereocenters. The second-order valence-corrected chi connectivity index (χ2v) is 6.12. The highest BCUT2D eigenvalue weighted by molar-refractivity contribution is 5.27. The third-order valence-corrected chi connectivity index (χ3v) is 4.48. The lowest BCUT2D eigenvalue weighted by Crippen LogP contribution is -2.39. The Kier molecular flexibility index (Phi) is 6.68. The minimum atomic E-state index is -0.593. The van der Waals surface area contributed by atoms with E-state index >= 15 is 0 Å². The third-order valence-electron chi connectivity index (χ3n) is 4.48. The van der Waals surface area contributed by atoms with E-state index in [0.717, 1.165) is 44.6 Å². The first-order valence-electron chi connectivity index (χ1n) is 8.41. The number of aliphatic hydroxyl groups is 1. The van der Waals surface area contributed by atoms with E-state index in [-0.39, 0.29) is 6.10 Å². The van der Waals surface area contributed by atoms with Gasteiger partial charge < -0.3 is 19.9 Å². The van der Waals surface area contributed by atoms with Gasteiger partial charge >= 0.3 is 0 Å². The molecule has 1 aromatic rings. The van der Waals surface area contributed by atoms with Gasteiger partial charge in [0, 0.05) is 19.7 Å². The lowest BCUT2D eigenvalue weighted by Gasteiger charge is -2.25. The SMILES string of the molecule is CCC(O)(CC)CNCc1ccc(OCC2CCCO2)cc1. The third kappa shape index (κ3) is 5.27. The number of rotatable bonds is 9. The summed E-state index contributed by atoms with van der Waals surface area (Å²) in [5, 5.41) is 13.6. The molecule has 0 saturated carbocycles. The summed E-state index contributed by atoms with van der Waals surface area (Å²) in [6, 6.07) is 8.12. The summed E-state index contributed by atoms with van der Waals surface area (Å²) in [4.78, 5) is 0. The first kappa shape index (κ1) is 17.3. The van der Waals surface area contributed by atoms with Crippen LogP contribution < -0.4 is 10.1 Å². The van der Waals surface area contributed by atoms with E-state index in [9.17, 15) is 5.11 Å². The van der Waals surface area contributed by atoms with Crippen LogP contribution in [-0.2, 0) is 11.3 Å². The largest absolute Gasteiger partial charge is 0.491 e. The topological polar surface area (TPSA) is 50.7 Å². The molecule has 1 aromatic carbocycles. The fourth-order valence-electron chi connectivity index (χ4n) is 2.61. The van der Waals surface area contributed by atoms with Gasteiger partial charge in [-0.2, -0.15) is 0 Å². The highest BCUT2D eigenvalue weighted by Gasteiger charge is 2.21. The molecule has 1 atom stereocenters. The molecule has 124 valence electrons. The Hall–Kier alpha value is -1.10. The van der Waals surface area contributed by atoms with Crippen molar-refractivity contribution in [2.24, 2.45) is 0 Å². The van der Waals surface area contributed by atoms with Gasteiger partial charge in [0.2, 0.25) is 0 Å². The molecular formula is C18H29NO3. The average Bonchev–Trinajstić information content (AvgIpc) is 3.07. The number of hydrogen-bond acceptors (Lipinski definition) is 4. The second kappa shape index (κ2) is 8.51. The van der Waals surface area contributed by atoms with Gasteiger partial charge in [0.1, 0.15) is 12.4 Å². The molecule has 4 heteroatoms. The van der Waals surface area contributed by atoms with Crippen molar-refractivity contribution in [3.8, 4) is 5.75 Å². The van der Waals surface area contributed by atoms with Crippen molar-refractivity contribution in [2.75, 3.05) is 19.8 Å². The molecule has 0 aliphatic carbocycles. The molecule has 22 heavy (non-hydrogen) atoms. The average molecular weight is 307 g/mol. The van der Waals surface area contributed by atoms with Crippen LogP contribution in [0.3, 0.4) is 0 Å². The zero-order valence-electron chi connectivity index (χ0n) is 13.8. The van der Waals surface area contributed by atoms with Crippen LogP contribution in [0.2, 0.25) is 0 Å². The van der Waals surface area contributed by atoms with Gasteiger partial charge in [-0.05, 0) is 43.4 Å². The van der Waals surface area contributed by atoms with Crippen LogP contribution in [0.5, 0.6) is 5.75 Å². The molecule has 2 N–H and O–H groups in total. The maximum Gasteiger partial charge on any atom is 0.119 e. The minimum Gasteiger partial charge on any atom is -0.491 e. The molecule has 1 aliphatic rings. The van der Waals surface area contributed by atoms with E-state index in [4.69, 9.17) is 9.47 Å². The van der Waals surface area contributed by atoms with E-state index in [2.05, 4.69) is 17.4 Å². The number of benzene rings is 1. The molecule has 0 bridgehead atoms. The zero-order valence-corrected chi connectivity index (χ0v) is 13.8. The zero-order chi connectivity index (χ0) is 15.8. The first-order valence-corrected chi connectivity index (χ1v) is 8.41. The number of ether oxygens (including phenoxy) is 2. The summed E-state index contributed by atoms with van der Waals surface area (Å²) in [7, 11) is 0. The minimum absolute atomic E-state index is 0.252. The monoisotopic (exact) mass is 307 g/mol. The summed E-state index contributed by atoms with van der Waals surface area (Å²) in [6.07, 6.45) is 4.03. The van der Waals surface area contributed by atoms with Gasteiger partial charge in [0.25, 0.3) is 0 Å². The molecule has 4 nitrogen and oxygen atoms in total. The van der Waals surface area contributed by atoms with Crippen molar-refractivity contribution in [1.29, 1.82) is 0 Å². The molecule has 1 fully saturated rings. The normalized spacial score (nSPS) is 18.6. The smallest absolute Gasteiger partial charge is 0.119 e. The summed E-state index contributed by atoms with van der Waals surface area (Å²) in [5.41, 5.74) is 0.601. The Morgan fingerprint density at radius 2 is 2.00 bits per heavy atom. The van der Waals surface area contributed by atoms with Crippen LogP contribution in [0.25, 0.3) is 0 Å². The molecule has 1 aliphatic heterocycles. The Labute approximate surface area is 133 Å². The Morgan fingerprint density at radius 3 is 2.59 bits per heavy atom. The van der Waals surface area contributed by atoms with Crippen LogP contribution in [0.1, 0.15) is 45.1 Å². The highest BCUT2D eigenvalue weighted by Crippen LogP contribution is 2.17. The maximum atomic E-state index is 10.2. The Bertz CT molecular complexity index is 422. The molecule has 0 radical (unpaired) electrons. The van der Waals surface area contributed by atoms with Gasteiger partial charge in [-0.3, -0.25) is 0 Å². The van der Waals surface area contributed by atoms with Gasteiger partial charge in [0.15, 0.2) is 0 Å². The molecule has 0 aromatic heterocycles. The fraction of sp³-hybridized carbons (Fsp3) is 0.667. The predicted molar refractivity (Wildman–Crippen MR) is 88.1 cm³/mol. The Morgan fingerprint density at radius 1 is 1.27 bits per heavy atom. The summed E-state index contributed by atoms with van der Waals surface area (Å²) in [6.45, 7) is 6.92. The van der Waals surface area contributed by atoms with Gasteiger partial charge in [-0.25, -0.2) is 0 Å². The standard InChI is InChI=1S/C18H29NO3/c1-3-18(20,4-2)14-19-12-15-7-9-16(10-8-15)22-13-17-6-5-11-21-17/h7-10,17,19-20H,3-6,11-14H2,1-2H3. The van der Waals surface area contributed by atoms with Crippen LogP contribution in [0.4, 0.5) is 0 Å². The second-order valence-electron chi connectivity index (χ2n) is 6.12. The molecular weight excluding hydrogens is 278 g/mol. The summed E-state index contributed by atoms with van der Waals surface area (Å²) >= 11 is 0. The van der Waals surface area contributed by atoms with E-state index in [1.54, 1.807) is 0 Å². The quantitative estimate of drug-likeness (QED) is 0.736. The van der Waals surface area contributed by atoms with Gasteiger partial charge in [-0.15, -0.1) is 0 Å². The van der Waals surface area contributed by atoms with Gasteiger partial charge in [0.05, 0.1) is 11.7 Å². The summed E-state index contributed by atoms with van der Waals surface area (Å²) < 4.78 is 11.3. The van der Waals surface area contributed by atoms with Crippen LogP contribution in [0.15, 0.2) is 24.3 Å². The van der Waals surface area contributed by atoms with Gasteiger partial charge in [-0.1, -0.05) is 26.0 Å². The van der Waals surface area contributed by atoms with Crippen molar-refractivity contribution in [3.63, 3.8) is 0 Å². The number of nitrogens with one attached hydrogen (secondary N) is 1. The first-order chi connectivity index (χ1) is 10.6. The molecule has 2 rings (SSSR count). The van der Waals surface area contributed by atoms with Crippen LogP contribution in [0, 0.1) is 0 Å². The van der Waals surface area contributed by atoms with Crippen molar-refractivity contribution in [2.45, 2.75) is 57.8 Å². The van der Waals surface area contributed by atoms with Crippen LogP contribution >= 0.6 is 0 Å².